The second kappa shape index (κ2) is 7.41. The molecule has 30 heavy (non-hydrogen) atoms. The Labute approximate surface area is 176 Å². The summed E-state index contributed by atoms with van der Waals surface area (Å²) >= 11 is 0. The molecule has 5 N–H and O–H groups in total. The molecule has 2 heterocycles. The minimum Gasteiger partial charge on any atom is -0.332 e. The number of para-hydroxylation sites is 1. The van der Waals surface area contributed by atoms with Crippen LogP contribution in [0.5, 0.6) is 0 Å². The largest absolute Gasteiger partial charge is 0.332 e. The van der Waals surface area contributed by atoms with Gasteiger partial charge in [0.1, 0.15) is 12.0 Å². The molecule has 3 atom stereocenters. The Balaban J connectivity index is 1.79. The van der Waals surface area contributed by atoms with Crippen LogP contribution in [0.25, 0.3) is 0 Å². The molecule has 2 unspecified atom stereocenters. The van der Waals surface area contributed by atoms with Gasteiger partial charge in [0.25, 0.3) is 0 Å². The number of fused-ring (bicyclic) bond motifs is 1. The van der Waals surface area contributed by atoms with Crippen molar-refractivity contribution >= 4 is 11.5 Å². The summed E-state index contributed by atoms with van der Waals surface area (Å²) in [4.78, 5) is 4.03. The van der Waals surface area contributed by atoms with Crippen molar-refractivity contribution in [2.45, 2.75) is 51.6 Å². The highest BCUT2D eigenvalue weighted by atomic mass is 19.1. The summed E-state index contributed by atoms with van der Waals surface area (Å²) in [6.45, 7) is 8.43. The van der Waals surface area contributed by atoms with E-state index in [1.165, 1.54) is 12.1 Å². The van der Waals surface area contributed by atoms with E-state index in [2.05, 4.69) is 42.8 Å². The van der Waals surface area contributed by atoms with Crippen LogP contribution in [-0.4, -0.2) is 16.5 Å². The summed E-state index contributed by atoms with van der Waals surface area (Å²) in [6, 6.07) is 16.4. The monoisotopic (exact) mass is 408 g/mol. The fraction of sp³-hybridized carbons (Fsp3) is 0.348. The molecule has 158 valence electrons. The SMILES string of the molecule is C[C@@H](c1ccc(F)cc1)N1c2ccccc2C(N)N(c2cc(C(C)(C)C)[nH]n2)C1N. The molecule has 2 aromatic carbocycles. The number of aromatic amines is 1. The molecular weight excluding hydrogens is 379 g/mol. The number of halogens is 1. The maximum absolute atomic E-state index is 13.5. The van der Waals surface area contributed by atoms with Crippen LogP contribution in [-0.2, 0) is 5.41 Å². The van der Waals surface area contributed by atoms with Gasteiger partial charge in [-0.25, -0.2) is 4.39 Å². The first-order valence-electron chi connectivity index (χ1n) is 10.2. The molecule has 6 nitrogen and oxygen atoms in total. The van der Waals surface area contributed by atoms with Gasteiger partial charge < -0.3 is 15.5 Å². The first-order chi connectivity index (χ1) is 14.2. The predicted molar refractivity (Wildman–Crippen MR) is 118 cm³/mol. The van der Waals surface area contributed by atoms with Crippen molar-refractivity contribution < 1.29 is 4.39 Å². The lowest BCUT2D eigenvalue weighted by molar-refractivity contribution is 0.445. The van der Waals surface area contributed by atoms with Crippen molar-refractivity contribution in [2.24, 2.45) is 11.5 Å². The molecule has 7 heteroatoms. The van der Waals surface area contributed by atoms with Crippen LogP contribution in [0.3, 0.4) is 0 Å². The van der Waals surface area contributed by atoms with E-state index in [1.54, 1.807) is 12.1 Å². The molecule has 0 saturated heterocycles. The highest BCUT2D eigenvalue weighted by Gasteiger charge is 2.39. The average molecular weight is 409 g/mol. The van der Waals surface area contributed by atoms with E-state index in [4.69, 9.17) is 11.5 Å². The zero-order chi connectivity index (χ0) is 21.6. The topological polar surface area (TPSA) is 87.2 Å². The van der Waals surface area contributed by atoms with Crippen LogP contribution in [0.4, 0.5) is 15.9 Å². The first kappa shape index (κ1) is 20.4. The zero-order valence-electron chi connectivity index (χ0n) is 17.8. The normalized spacial score (nSPS) is 20.2. The van der Waals surface area contributed by atoms with E-state index < -0.39 is 12.5 Å². The number of hydrogen-bond donors (Lipinski definition) is 3. The van der Waals surface area contributed by atoms with E-state index in [0.29, 0.717) is 5.82 Å². The number of anilines is 2. The number of rotatable bonds is 3. The van der Waals surface area contributed by atoms with Crippen molar-refractivity contribution in [1.82, 2.24) is 10.2 Å². The maximum atomic E-state index is 13.5. The van der Waals surface area contributed by atoms with Crippen LogP contribution in [0.15, 0.2) is 54.6 Å². The van der Waals surface area contributed by atoms with E-state index in [0.717, 1.165) is 22.5 Å². The Morgan fingerprint density at radius 2 is 1.73 bits per heavy atom. The van der Waals surface area contributed by atoms with Crippen LogP contribution in [0, 0.1) is 5.82 Å². The van der Waals surface area contributed by atoms with Gasteiger partial charge in [0.15, 0.2) is 12.1 Å². The molecular formula is C23H29FN6. The van der Waals surface area contributed by atoms with E-state index in [-0.39, 0.29) is 17.3 Å². The minimum atomic E-state index is -0.550. The lowest BCUT2D eigenvalue weighted by Gasteiger charge is -2.49. The van der Waals surface area contributed by atoms with Gasteiger partial charge >= 0.3 is 0 Å². The fourth-order valence-electron chi connectivity index (χ4n) is 4.01. The van der Waals surface area contributed by atoms with Crippen molar-refractivity contribution in [3.63, 3.8) is 0 Å². The van der Waals surface area contributed by atoms with Crippen molar-refractivity contribution in [3.05, 3.63) is 77.2 Å². The van der Waals surface area contributed by atoms with Crippen LogP contribution >= 0.6 is 0 Å². The number of benzene rings is 2. The third-order valence-electron chi connectivity index (χ3n) is 5.81. The summed E-state index contributed by atoms with van der Waals surface area (Å²) in [5.74, 6) is 0.440. The van der Waals surface area contributed by atoms with Gasteiger partial charge in [-0.05, 0) is 30.7 Å². The number of nitrogens with one attached hydrogen (secondary N) is 1. The summed E-state index contributed by atoms with van der Waals surface area (Å²) < 4.78 is 13.5. The van der Waals surface area contributed by atoms with Crippen LogP contribution < -0.4 is 21.3 Å². The molecule has 0 radical (unpaired) electrons. The number of nitrogens with zero attached hydrogens (tertiary/aromatic N) is 3. The van der Waals surface area contributed by atoms with E-state index >= 15 is 0 Å². The van der Waals surface area contributed by atoms with Crippen LogP contribution in [0.2, 0.25) is 0 Å². The number of nitrogens with two attached hydrogens (primary N) is 2. The predicted octanol–water partition coefficient (Wildman–Crippen LogP) is 4.13. The fourth-order valence-corrected chi connectivity index (χ4v) is 4.01. The van der Waals surface area contributed by atoms with Gasteiger partial charge in [0, 0.05) is 28.4 Å². The average Bonchev–Trinajstić information content (AvgIpc) is 3.19. The smallest absolute Gasteiger partial charge is 0.158 e. The van der Waals surface area contributed by atoms with Gasteiger partial charge in [-0.3, -0.25) is 10.8 Å². The Morgan fingerprint density at radius 1 is 1.07 bits per heavy atom. The van der Waals surface area contributed by atoms with Crippen molar-refractivity contribution in [2.75, 3.05) is 9.80 Å². The molecule has 4 rings (SSSR count). The third-order valence-corrected chi connectivity index (χ3v) is 5.81. The van der Waals surface area contributed by atoms with E-state index in [9.17, 15) is 4.39 Å². The molecule has 0 amide bonds. The second-order valence-corrected chi connectivity index (χ2v) is 8.85. The van der Waals surface area contributed by atoms with Gasteiger partial charge in [0.2, 0.25) is 0 Å². The Bertz CT molecular complexity index is 1020. The van der Waals surface area contributed by atoms with Gasteiger partial charge in [-0.1, -0.05) is 51.1 Å². The van der Waals surface area contributed by atoms with Gasteiger partial charge in [-0.2, -0.15) is 5.10 Å². The molecule has 0 spiro atoms. The zero-order valence-corrected chi connectivity index (χ0v) is 17.8. The summed E-state index contributed by atoms with van der Waals surface area (Å²) in [7, 11) is 0. The molecule has 0 saturated carbocycles. The summed E-state index contributed by atoms with van der Waals surface area (Å²) in [6.07, 6.45) is -0.991. The van der Waals surface area contributed by atoms with Crippen molar-refractivity contribution in [3.8, 4) is 0 Å². The standard InChI is InChI=1S/C23H29FN6/c1-14(15-9-11-16(24)12-10-15)29-18-8-6-5-7-17(18)21(25)30(22(29)26)20-13-19(27-28-20)23(2,3)4/h5-14,21-22H,25-26H2,1-4H3,(H,27,28)/t14-,21?,22?/m0/s1. The minimum absolute atomic E-state index is 0.0752. The molecule has 3 aromatic rings. The maximum Gasteiger partial charge on any atom is 0.158 e. The summed E-state index contributed by atoms with van der Waals surface area (Å²) in [5, 5.41) is 7.65. The second-order valence-electron chi connectivity index (χ2n) is 8.85. The Morgan fingerprint density at radius 3 is 2.37 bits per heavy atom. The number of H-pyrrole nitrogens is 1. The first-order valence-corrected chi connectivity index (χ1v) is 10.2. The molecule has 0 bridgehead atoms. The Kier molecular flexibility index (Phi) is 5.03. The summed E-state index contributed by atoms with van der Waals surface area (Å²) in [5.41, 5.74) is 17.3. The molecule has 0 fully saturated rings. The lowest BCUT2D eigenvalue weighted by atomic mass is 9.92. The van der Waals surface area contributed by atoms with Gasteiger partial charge in [0.05, 0.1) is 6.04 Å². The molecule has 0 aliphatic carbocycles. The third kappa shape index (κ3) is 3.44. The van der Waals surface area contributed by atoms with Crippen LogP contribution in [0.1, 0.15) is 56.7 Å². The quantitative estimate of drug-likeness (QED) is 0.606. The highest BCUT2D eigenvalue weighted by molar-refractivity contribution is 5.64. The molecule has 1 aromatic heterocycles. The molecule has 1 aliphatic rings. The van der Waals surface area contributed by atoms with Gasteiger partial charge in [-0.15, -0.1) is 0 Å². The number of hydrogen-bond acceptors (Lipinski definition) is 5. The number of aromatic nitrogens is 2. The lowest BCUT2D eigenvalue weighted by Crippen LogP contribution is -2.61. The molecule has 1 aliphatic heterocycles. The Hall–Kier alpha value is -2.90. The van der Waals surface area contributed by atoms with Crippen molar-refractivity contribution in [1.29, 1.82) is 0 Å². The highest BCUT2D eigenvalue weighted by Crippen LogP contribution is 2.41. The van der Waals surface area contributed by atoms with E-state index in [1.807, 2.05) is 35.2 Å².